The number of amides is 1. The predicted octanol–water partition coefficient (Wildman–Crippen LogP) is 5.42. The van der Waals surface area contributed by atoms with Gasteiger partial charge in [-0.05, 0) is 42.0 Å². The quantitative estimate of drug-likeness (QED) is 0.229. The number of anilines is 3. The van der Waals surface area contributed by atoms with Crippen molar-refractivity contribution >= 4 is 50.2 Å². The van der Waals surface area contributed by atoms with Crippen molar-refractivity contribution < 1.29 is 9.72 Å². The van der Waals surface area contributed by atoms with Crippen molar-refractivity contribution in [3.8, 4) is 11.1 Å². The van der Waals surface area contributed by atoms with Crippen LogP contribution >= 0.6 is 11.3 Å². The number of benzene rings is 3. The Kier molecular flexibility index (Phi) is 6.25. The van der Waals surface area contributed by atoms with Gasteiger partial charge in [-0.15, -0.1) is 11.3 Å². The monoisotopic (exact) mass is 497 g/mol. The van der Waals surface area contributed by atoms with Gasteiger partial charge < -0.3 is 10.6 Å². The van der Waals surface area contributed by atoms with Gasteiger partial charge in [-0.25, -0.2) is 4.98 Å². The van der Waals surface area contributed by atoms with E-state index in [4.69, 9.17) is 0 Å². The van der Waals surface area contributed by atoms with E-state index in [9.17, 15) is 19.7 Å². The molecule has 0 saturated carbocycles. The molecule has 36 heavy (non-hydrogen) atoms. The average Bonchev–Trinajstić information content (AvgIpc) is 3.33. The number of thiophene rings is 1. The Morgan fingerprint density at radius 3 is 2.44 bits per heavy atom. The van der Waals surface area contributed by atoms with Crippen molar-refractivity contribution in [2.24, 2.45) is 0 Å². The van der Waals surface area contributed by atoms with E-state index in [1.165, 1.54) is 34.4 Å². The minimum atomic E-state index is -0.483. The Morgan fingerprint density at radius 1 is 0.972 bits per heavy atom. The first-order chi connectivity index (χ1) is 17.5. The fourth-order valence-electron chi connectivity index (χ4n) is 3.76. The molecule has 0 unspecified atom stereocenters. The summed E-state index contributed by atoms with van der Waals surface area (Å²) >= 11 is 1.27. The number of hydrogen-bond donors (Lipinski definition) is 2. The third-order valence-electron chi connectivity index (χ3n) is 5.47. The van der Waals surface area contributed by atoms with Gasteiger partial charge in [0.2, 0.25) is 5.91 Å². The molecule has 2 aromatic heterocycles. The lowest BCUT2D eigenvalue weighted by molar-refractivity contribution is -0.384. The van der Waals surface area contributed by atoms with Crippen LogP contribution in [0.2, 0.25) is 0 Å². The summed E-state index contributed by atoms with van der Waals surface area (Å²) < 4.78 is 1.23. The van der Waals surface area contributed by atoms with Crippen molar-refractivity contribution in [2.45, 2.75) is 6.54 Å². The Hall–Kier alpha value is -4.83. The molecule has 0 aliphatic heterocycles. The molecule has 0 saturated heterocycles. The number of fused-ring (bicyclic) bond motifs is 1. The van der Waals surface area contributed by atoms with Gasteiger partial charge in [0.25, 0.3) is 11.2 Å². The number of nitrogens with one attached hydrogen (secondary N) is 2. The van der Waals surface area contributed by atoms with Crippen molar-refractivity contribution in [3.05, 3.63) is 111 Å². The normalized spacial score (nSPS) is 10.8. The van der Waals surface area contributed by atoms with Crippen LogP contribution in [0.1, 0.15) is 0 Å². The first kappa shape index (κ1) is 22.9. The second kappa shape index (κ2) is 9.80. The summed E-state index contributed by atoms with van der Waals surface area (Å²) in [5, 5.41) is 19.3. The number of carbonyl (C=O) groups excluding carboxylic acids is 1. The molecular weight excluding hydrogens is 478 g/mol. The molecule has 5 aromatic rings. The first-order valence-corrected chi connectivity index (χ1v) is 11.8. The van der Waals surface area contributed by atoms with E-state index in [0.717, 1.165) is 11.4 Å². The van der Waals surface area contributed by atoms with E-state index in [1.54, 1.807) is 29.6 Å². The minimum absolute atomic E-state index is 0.0690. The molecular formula is C26H19N5O4S. The molecule has 178 valence electrons. The van der Waals surface area contributed by atoms with Crippen LogP contribution in [-0.2, 0) is 11.3 Å². The fourth-order valence-corrected chi connectivity index (χ4v) is 4.67. The van der Waals surface area contributed by atoms with Gasteiger partial charge in [-0.3, -0.25) is 24.3 Å². The zero-order chi connectivity index (χ0) is 25.1. The maximum atomic E-state index is 13.2. The zero-order valence-corrected chi connectivity index (χ0v) is 19.6. The Morgan fingerprint density at radius 2 is 1.69 bits per heavy atom. The Bertz CT molecular complexity index is 1630. The van der Waals surface area contributed by atoms with Crippen LogP contribution in [-0.4, -0.2) is 20.4 Å². The van der Waals surface area contributed by atoms with E-state index in [0.29, 0.717) is 27.0 Å². The number of aromatic nitrogens is 2. The van der Waals surface area contributed by atoms with E-state index in [-0.39, 0.29) is 23.7 Å². The second-order valence-electron chi connectivity index (χ2n) is 7.93. The standard InChI is InChI=1S/C26H19N5O4S/c32-23(29-20-11-9-19(10-12-20)28-18-6-2-1-3-7-18)14-30-16-27-25-24(26(30)33)22(15-36-25)17-5-4-8-21(13-17)31(34)35/h1-13,15-16,28H,14H2,(H,29,32). The molecule has 5 rings (SSSR count). The van der Waals surface area contributed by atoms with Crippen molar-refractivity contribution in [1.82, 2.24) is 9.55 Å². The highest BCUT2D eigenvalue weighted by atomic mass is 32.1. The van der Waals surface area contributed by atoms with Gasteiger partial charge in [0, 0.05) is 40.1 Å². The summed E-state index contributed by atoms with van der Waals surface area (Å²) in [5.41, 5.74) is 3.05. The number of non-ortho nitro benzene ring substituents is 1. The topological polar surface area (TPSA) is 119 Å². The van der Waals surface area contributed by atoms with Gasteiger partial charge in [-0.2, -0.15) is 0 Å². The van der Waals surface area contributed by atoms with E-state index >= 15 is 0 Å². The molecule has 0 spiro atoms. The van der Waals surface area contributed by atoms with Crippen molar-refractivity contribution in [3.63, 3.8) is 0 Å². The number of rotatable bonds is 7. The minimum Gasteiger partial charge on any atom is -0.356 e. The average molecular weight is 498 g/mol. The summed E-state index contributed by atoms with van der Waals surface area (Å²) in [6, 6.07) is 23.0. The zero-order valence-electron chi connectivity index (χ0n) is 18.8. The predicted molar refractivity (Wildman–Crippen MR) is 141 cm³/mol. The first-order valence-electron chi connectivity index (χ1n) is 10.9. The number of nitro benzene ring substituents is 1. The summed E-state index contributed by atoms with van der Waals surface area (Å²) in [5.74, 6) is -0.380. The van der Waals surface area contributed by atoms with Crippen molar-refractivity contribution in [2.75, 3.05) is 10.6 Å². The Balaban J connectivity index is 1.33. The molecule has 0 aliphatic rings. The molecule has 0 atom stereocenters. The van der Waals surface area contributed by atoms with Crippen LogP contribution in [0.25, 0.3) is 21.3 Å². The number of carbonyl (C=O) groups is 1. The van der Waals surface area contributed by atoms with Crippen LogP contribution < -0.4 is 16.2 Å². The SMILES string of the molecule is O=C(Cn1cnc2scc(-c3cccc([N+](=O)[O-])c3)c2c1=O)Nc1ccc(Nc2ccccc2)cc1. The smallest absolute Gasteiger partial charge is 0.270 e. The summed E-state index contributed by atoms with van der Waals surface area (Å²) in [6.07, 6.45) is 1.34. The number of nitro groups is 1. The molecule has 3 aromatic carbocycles. The maximum Gasteiger partial charge on any atom is 0.270 e. The molecule has 2 heterocycles. The van der Waals surface area contributed by atoms with Crippen LogP contribution in [0.4, 0.5) is 22.7 Å². The highest BCUT2D eigenvalue weighted by molar-refractivity contribution is 7.17. The van der Waals surface area contributed by atoms with Gasteiger partial charge in [0.1, 0.15) is 11.4 Å². The molecule has 0 aliphatic carbocycles. The van der Waals surface area contributed by atoms with E-state index in [2.05, 4.69) is 15.6 Å². The fraction of sp³-hybridized carbons (Fsp3) is 0.0385. The van der Waals surface area contributed by atoms with E-state index < -0.39 is 4.92 Å². The largest absolute Gasteiger partial charge is 0.356 e. The lowest BCUT2D eigenvalue weighted by Gasteiger charge is -2.10. The molecule has 0 radical (unpaired) electrons. The molecule has 0 bridgehead atoms. The Labute approximate surface area is 208 Å². The van der Waals surface area contributed by atoms with Crippen LogP contribution in [0.5, 0.6) is 0 Å². The number of hydrogen-bond acceptors (Lipinski definition) is 7. The number of para-hydroxylation sites is 1. The molecule has 1 amide bonds. The van der Waals surface area contributed by atoms with Crippen LogP contribution in [0.15, 0.2) is 95.4 Å². The van der Waals surface area contributed by atoms with Crippen molar-refractivity contribution in [1.29, 1.82) is 0 Å². The highest BCUT2D eigenvalue weighted by Gasteiger charge is 2.16. The lowest BCUT2D eigenvalue weighted by atomic mass is 10.1. The summed E-state index contributed by atoms with van der Waals surface area (Å²) in [6.45, 7) is -0.226. The van der Waals surface area contributed by atoms with Gasteiger partial charge in [0.15, 0.2) is 0 Å². The van der Waals surface area contributed by atoms with Gasteiger partial charge >= 0.3 is 0 Å². The van der Waals surface area contributed by atoms with E-state index in [1.807, 2.05) is 42.5 Å². The van der Waals surface area contributed by atoms with Crippen LogP contribution in [0, 0.1) is 10.1 Å². The third-order valence-corrected chi connectivity index (χ3v) is 6.36. The molecule has 10 heteroatoms. The summed E-state index contributed by atoms with van der Waals surface area (Å²) in [4.78, 5) is 41.4. The molecule has 9 nitrogen and oxygen atoms in total. The molecule has 0 fully saturated rings. The third kappa shape index (κ3) is 4.84. The number of nitrogens with zero attached hydrogens (tertiary/aromatic N) is 3. The molecule has 2 N–H and O–H groups in total. The van der Waals surface area contributed by atoms with Gasteiger partial charge in [0.05, 0.1) is 16.6 Å². The van der Waals surface area contributed by atoms with Gasteiger partial charge in [-0.1, -0.05) is 30.3 Å². The summed E-state index contributed by atoms with van der Waals surface area (Å²) in [7, 11) is 0. The second-order valence-corrected chi connectivity index (χ2v) is 8.79. The highest BCUT2D eigenvalue weighted by Crippen LogP contribution is 2.32. The maximum absolute atomic E-state index is 13.2. The lowest BCUT2D eigenvalue weighted by Crippen LogP contribution is -2.27. The van der Waals surface area contributed by atoms with Crippen LogP contribution in [0.3, 0.4) is 0 Å².